The number of H-pyrrole nitrogens is 1. The molecule has 6 heteroatoms. The van der Waals surface area contributed by atoms with Gasteiger partial charge < -0.3 is 20.5 Å². The zero-order valence-corrected chi connectivity index (χ0v) is 11.8. The van der Waals surface area contributed by atoms with E-state index in [1.165, 1.54) is 0 Å². The quantitative estimate of drug-likeness (QED) is 0.644. The van der Waals surface area contributed by atoms with E-state index in [0.717, 1.165) is 10.9 Å². The Hall–Kier alpha value is -2.76. The largest absolute Gasteiger partial charge is 0.444 e. The molecule has 3 aromatic rings. The Labute approximate surface area is 121 Å². The standard InChI is InChI=1S/C15H16N4O2/c1-8-6-18-15(21-8)9(2)19-14(20)12-7-17-13-4-3-10(16)5-11(12)13/h3-7,9,17H,16H2,1-2H3,(H,19,20). The fraction of sp³-hybridized carbons (Fsp3) is 0.200. The van der Waals surface area contributed by atoms with Crippen LogP contribution in [0.25, 0.3) is 10.9 Å². The Kier molecular flexibility index (Phi) is 3.13. The molecule has 2 aromatic heterocycles. The van der Waals surface area contributed by atoms with Crippen LogP contribution in [0, 0.1) is 6.92 Å². The number of anilines is 1. The first-order valence-corrected chi connectivity index (χ1v) is 6.64. The molecular weight excluding hydrogens is 268 g/mol. The fourth-order valence-corrected chi connectivity index (χ4v) is 2.23. The molecule has 0 saturated heterocycles. The normalized spacial score (nSPS) is 12.5. The van der Waals surface area contributed by atoms with E-state index in [2.05, 4.69) is 15.3 Å². The second-order valence-electron chi connectivity index (χ2n) is 5.01. The van der Waals surface area contributed by atoms with E-state index >= 15 is 0 Å². The number of hydrogen-bond donors (Lipinski definition) is 3. The molecule has 1 aromatic carbocycles. The van der Waals surface area contributed by atoms with Gasteiger partial charge in [-0.3, -0.25) is 4.79 Å². The van der Waals surface area contributed by atoms with Gasteiger partial charge in [0.05, 0.1) is 11.8 Å². The molecule has 0 saturated carbocycles. The fourth-order valence-electron chi connectivity index (χ4n) is 2.23. The van der Waals surface area contributed by atoms with Crippen molar-refractivity contribution < 1.29 is 9.21 Å². The van der Waals surface area contributed by atoms with Crippen LogP contribution in [0.3, 0.4) is 0 Å². The number of carbonyl (C=O) groups excluding carboxylic acids is 1. The number of rotatable bonds is 3. The number of fused-ring (bicyclic) bond motifs is 1. The van der Waals surface area contributed by atoms with Crippen LogP contribution in [0.2, 0.25) is 0 Å². The molecule has 0 spiro atoms. The molecule has 0 radical (unpaired) electrons. The van der Waals surface area contributed by atoms with E-state index in [9.17, 15) is 4.79 Å². The molecule has 1 unspecified atom stereocenters. The second-order valence-corrected chi connectivity index (χ2v) is 5.01. The first-order chi connectivity index (χ1) is 10.0. The number of aromatic amines is 1. The third-order valence-electron chi connectivity index (χ3n) is 3.31. The van der Waals surface area contributed by atoms with Crippen molar-refractivity contribution in [1.29, 1.82) is 0 Å². The van der Waals surface area contributed by atoms with Gasteiger partial charge in [0.2, 0.25) is 5.89 Å². The molecule has 2 heterocycles. The number of aromatic nitrogens is 2. The summed E-state index contributed by atoms with van der Waals surface area (Å²) in [6, 6.07) is 5.11. The molecular formula is C15H16N4O2. The summed E-state index contributed by atoms with van der Waals surface area (Å²) >= 11 is 0. The number of oxazole rings is 1. The number of aryl methyl sites for hydroxylation is 1. The molecule has 1 amide bonds. The van der Waals surface area contributed by atoms with Crippen LogP contribution in [0.5, 0.6) is 0 Å². The first-order valence-electron chi connectivity index (χ1n) is 6.64. The van der Waals surface area contributed by atoms with Crippen LogP contribution in [0.4, 0.5) is 5.69 Å². The van der Waals surface area contributed by atoms with Crippen LogP contribution < -0.4 is 11.1 Å². The zero-order chi connectivity index (χ0) is 15.0. The lowest BCUT2D eigenvalue weighted by molar-refractivity contribution is 0.0935. The minimum atomic E-state index is -0.308. The zero-order valence-electron chi connectivity index (χ0n) is 11.8. The Morgan fingerprint density at radius 3 is 3.00 bits per heavy atom. The summed E-state index contributed by atoms with van der Waals surface area (Å²) in [6.45, 7) is 3.64. The topological polar surface area (TPSA) is 96.9 Å². The van der Waals surface area contributed by atoms with E-state index in [1.807, 2.05) is 19.9 Å². The van der Waals surface area contributed by atoms with Crippen molar-refractivity contribution in [3.05, 3.63) is 47.8 Å². The molecule has 0 bridgehead atoms. The van der Waals surface area contributed by atoms with Gasteiger partial charge in [0.15, 0.2) is 0 Å². The van der Waals surface area contributed by atoms with Crippen molar-refractivity contribution in [2.24, 2.45) is 0 Å². The molecule has 21 heavy (non-hydrogen) atoms. The highest BCUT2D eigenvalue weighted by atomic mass is 16.4. The number of nitrogen functional groups attached to an aromatic ring is 1. The van der Waals surface area contributed by atoms with Gasteiger partial charge >= 0.3 is 0 Å². The summed E-state index contributed by atoms with van der Waals surface area (Å²) in [6.07, 6.45) is 3.30. The lowest BCUT2D eigenvalue weighted by atomic mass is 10.1. The summed E-state index contributed by atoms with van der Waals surface area (Å²) < 4.78 is 5.42. The van der Waals surface area contributed by atoms with Gasteiger partial charge in [-0.2, -0.15) is 0 Å². The van der Waals surface area contributed by atoms with Crippen molar-refractivity contribution in [3.8, 4) is 0 Å². The lowest BCUT2D eigenvalue weighted by Gasteiger charge is -2.09. The minimum Gasteiger partial charge on any atom is -0.444 e. The van der Waals surface area contributed by atoms with E-state index in [0.29, 0.717) is 22.9 Å². The number of hydrogen-bond acceptors (Lipinski definition) is 4. The molecule has 108 valence electrons. The molecule has 4 N–H and O–H groups in total. The van der Waals surface area contributed by atoms with Crippen LogP contribution in [0.15, 0.2) is 35.0 Å². The van der Waals surface area contributed by atoms with Gasteiger partial charge in [0.1, 0.15) is 11.8 Å². The predicted octanol–water partition coefficient (Wildman–Crippen LogP) is 2.54. The maximum atomic E-state index is 12.4. The predicted molar refractivity (Wildman–Crippen MR) is 79.8 cm³/mol. The molecule has 0 fully saturated rings. The summed E-state index contributed by atoms with van der Waals surface area (Å²) in [7, 11) is 0. The molecule has 0 aliphatic rings. The van der Waals surface area contributed by atoms with Crippen molar-refractivity contribution in [2.75, 3.05) is 5.73 Å². The van der Waals surface area contributed by atoms with Gasteiger partial charge in [-0.25, -0.2) is 4.98 Å². The lowest BCUT2D eigenvalue weighted by Crippen LogP contribution is -2.26. The smallest absolute Gasteiger partial charge is 0.254 e. The minimum absolute atomic E-state index is 0.199. The molecule has 0 aliphatic heterocycles. The van der Waals surface area contributed by atoms with Crippen LogP contribution >= 0.6 is 0 Å². The third-order valence-corrected chi connectivity index (χ3v) is 3.31. The van der Waals surface area contributed by atoms with Crippen molar-refractivity contribution in [3.63, 3.8) is 0 Å². The number of nitrogens with one attached hydrogen (secondary N) is 2. The number of amides is 1. The van der Waals surface area contributed by atoms with Gasteiger partial charge in [0.25, 0.3) is 5.91 Å². The van der Waals surface area contributed by atoms with Gasteiger partial charge in [-0.05, 0) is 32.0 Å². The van der Waals surface area contributed by atoms with Gasteiger partial charge in [0, 0.05) is 22.8 Å². The highest BCUT2D eigenvalue weighted by Gasteiger charge is 2.18. The summed E-state index contributed by atoms with van der Waals surface area (Å²) in [5, 5.41) is 3.66. The molecule has 3 rings (SSSR count). The highest BCUT2D eigenvalue weighted by Crippen LogP contribution is 2.22. The van der Waals surface area contributed by atoms with Crippen LogP contribution in [-0.4, -0.2) is 15.9 Å². The maximum absolute atomic E-state index is 12.4. The number of nitrogens with zero attached hydrogens (tertiary/aromatic N) is 1. The average Bonchev–Trinajstić information content (AvgIpc) is 3.04. The molecule has 0 aliphatic carbocycles. The molecule has 1 atom stereocenters. The highest BCUT2D eigenvalue weighted by molar-refractivity contribution is 6.07. The Morgan fingerprint density at radius 2 is 2.29 bits per heavy atom. The van der Waals surface area contributed by atoms with E-state index in [-0.39, 0.29) is 11.9 Å². The van der Waals surface area contributed by atoms with Crippen molar-refractivity contribution >= 4 is 22.5 Å². The molecule has 6 nitrogen and oxygen atoms in total. The maximum Gasteiger partial charge on any atom is 0.254 e. The third kappa shape index (κ3) is 2.47. The number of carbonyl (C=O) groups is 1. The summed E-state index contributed by atoms with van der Waals surface area (Å²) in [5.74, 6) is 1.00. The van der Waals surface area contributed by atoms with E-state index < -0.39 is 0 Å². The van der Waals surface area contributed by atoms with Crippen LogP contribution in [0.1, 0.15) is 35.0 Å². The van der Waals surface area contributed by atoms with Crippen molar-refractivity contribution in [1.82, 2.24) is 15.3 Å². The monoisotopic (exact) mass is 284 g/mol. The SMILES string of the molecule is Cc1cnc(C(C)NC(=O)c2c[nH]c3ccc(N)cc23)o1. The average molecular weight is 284 g/mol. The van der Waals surface area contributed by atoms with E-state index in [4.69, 9.17) is 10.2 Å². The van der Waals surface area contributed by atoms with Gasteiger partial charge in [-0.15, -0.1) is 0 Å². The number of nitrogens with two attached hydrogens (primary N) is 1. The first kappa shape index (κ1) is 13.2. The number of benzene rings is 1. The Morgan fingerprint density at radius 1 is 1.48 bits per heavy atom. The Balaban J connectivity index is 1.85. The second kappa shape index (κ2) is 4.97. The Bertz CT molecular complexity index is 803. The summed E-state index contributed by atoms with van der Waals surface area (Å²) in [4.78, 5) is 19.6. The van der Waals surface area contributed by atoms with E-state index in [1.54, 1.807) is 24.5 Å². The van der Waals surface area contributed by atoms with Crippen LogP contribution in [-0.2, 0) is 0 Å². The van der Waals surface area contributed by atoms with Gasteiger partial charge in [-0.1, -0.05) is 0 Å². The summed E-state index contributed by atoms with van der Waals surface area (Å²) in [5.41, 5.74) is 7.81. The van der Waals surface area contributed by atoms with Crippen molar-refractivity contribution in [2.45, 2.75) is 19.9 Å².